The van der Waals surface area contributed by atoms with Gasteiger partial charge in [-0.05, 0) is 103 Å². The summed E-state index contributed by atoms with van der Waals surface area (Å²) in [6.45, 7) is 14.6. The van der Waals surface area contributed by atoms with Crippen molar-refractivity contribution >= 4 is 94.0 Å². The summed E-state index contributed by atoms with van der Waals surface area (Å²) in [4.78, 5) is 145. The summed E-state index contributed by atoms with van der Waals surface area (Å²) in [5.41, 5.74) is 0.0580. The van der Waals surface area contributed by atoms with Crippen LogP contribution < -0.4 is 26.2 Å². The fourth-order valence-electron chi connectivity index (χ4n) is 11.8. The van der Waals surface area contributed by atoms with Gasteiger partial charge in [-0.15, -0.1) is 11.8 Å². The number of carbonyl (C=O) groups excluding carboxylic acids is 10. The van der Waals surface area contributed by atoms with Crippen LogP contribution in [0.5, 0.6) is 0 Å². The standard InChI is InChI=1S/C66H97ClN6O17S/c1-11-55(77)68-26-28-87-27-24-49(75)33-48(61(81)70-37-42(5)74)18-13-12-14-19-51(76)47-22-20-45(21-23-47)38-69-56(78)34-53(62(82)83)91-29-25-57(79)72(9)44(7)63(84)89-54-35-58(80)73(10)50-32-46(31-40(3)59(50)67)30-39(2)16-15-17-41(4)66(86)36-52(88-64(85)71-66)43(6)60-65(54,8)90-60/h15-17,31-32,41,43-45,47-48,52-54,60,86H,11-14,18-30,33-38H2,1-10H3,(H,68,77)(H,69,78)(H,70,81)(H,71,85)(H,82,83)/b17-15+,39-16+/t41-,43-,44+,45?,47?,48?,52?,53?,54+,60+,65+,66+/m1/s1. The van der Waals surface area contributed by atoms with Gasteiger partial charge in [0.15, 0.2) is 0 Å². The molecule has 506 valence electrons. The van der Waals surface area contributed by atoms with Crippen LogP contribution in [0.1, 0.15) is 162 Å². The predicted octanol–water partition coefficient (Wildman–Crippen LogP) is 7.06. The molecule has 25 heteroatoms. The number of halogens is 1. The van der Waals surface area contributed by atoms with E-state index in [9.17, 15) is 63.0 Å². The molecule has 3 aliphatic heterocycles. The van der Waals surface area contributed by atoms with Crippen LogP contribution in [0.4, 0.5) is 10.5 Å². The van der Waals surface area contributed by atoms with E-state index in [0.29, 0.717) is 94.4 Å². The molecule has 6 N–H and O–H groups in total. The van der Waals surface area contributed by atoms with Gasteiger partial charge >= 0.3 is 18.0 Å². The lowest BCUT2D eigenvalue weighted by Crippen LogP contribution is -2.60. The van der Waals surface area contributed by atoms with Crippen LogP contribution in [-0.2, 0) is 73.3 Å². The second-order valence-corrected chi connectivity index (χ2v) is 27.0. The van der Waals surface area contributed by atoms with Crippen molar-refractivity contribution in [3.63, 3.8) is 0 Å². The number of carboxylic acid groups (broad SMARTS) is 1. The van der Waals surface area contributed by atoms with Crippen molar-refractivity contribution in [3.05, 3.63) is 52.1 Å². The summed E-state index contributed by atoms with van der Waals surface area (Å²) in [6, 6.07) is 2.58. The van der Waals surface area contributed by atoms with E-state index in [1.54, 1.807) is 40.8 Å². The average molecular weight is 1310 g/mol. The number of benzene rings is 1. The fraction of sp³-hybridized carbons (Fsp3) is 0.682. The Morgan fingerprint density at radius 1 is 0.945 bits per heavy atom. The molecule has 3 unspecified atom stereocenters. The van der Waals surface area contributed by atoms with E-state index >= 15 is 0 Å². The van der Waals surface area contributed by atoms with Crippen LogP contribution in [0.15, 0.2) is 35.9 Å². The maximum Gasteiger partial charge on any atom is 0.409 e. The van der Waals surface area contributed by atoms with Gasteiger partial charge < -0.3 is 54.9 Å². The number of allylic oxidation sites excluding steroid dienone is 3. The number of amides is 6. The number of aliphatic hydroxyl groups is 1. The van der Waals surface area contributed by atoms with Crippen molar-refractivity contribution < 1.29 is 81.9 Å². The number of Topliss-reactive ketones (excluding diaryl/α,β-unsaturated/α-hetero) is 3. The Morgan fingerprint density at radius 2 is 1.66 bits per heavy atom. The molecule has 1 aromatic carbocycles. The molecule has 3 fully saturated rings. The average Bonchev–Trinajstić information content (AvgIpc) is 1.64. The number of epoxide rings is 1. The van der Waals surface area contributed by atoms with E-state index in [4.69, 9.17) is 30.5 Å². The molecule has 1 saturated carbocycles. The number of unbranched alkanes of at least 4 members (excludes halogenated alkanes) is 2. The number of carboxylic acids is 1. The molecule has 1 aliphatic carbocycles. The van der Waals surface area contributed by atoms with E-state index in [1.165, 1.54) is 30.7 Å². The molecule has 4 aliphatic rings. The van der Waals surface area contributed by atoms with E-state index in [2.05, 4.69) is 21.3 Å². The number of thioether (sulfide) groups is 1. The minimum Gasteiger partial charge on any atom is -0.480 e. The molecule has 5 rings (SSSR count). The molecule has 6 amide bonds. The van der Waals surface area contributed by atoms with Crippen LogP contribution >= 0.6 is 23.4 Å². The highest BCUT2D eigenvalue weighted by molar-refractivity contribution is 8.00. The second-order valence-electron chi connectivity index (χ2n) is 25.3. The molecule has 2 saturated heterocycles. The molecule has 0 radical (unpaired) electrons. The summed E-state index contributed by atoms with van der Waals surface area (Å²) in [6.07, 6.45) is 7.42. The third kappa shape index (κ3) is 23.1. The van der Waals surface area contributed by atoms with Crippen LogP contribution in [0.2, 0.25) is 5.02 Å². The zero-order chi connectivity index (χ0) is 67.3. The summed E-state index contributed by atoms with van der Waals surface area (Å²) < 4.78 is 23.7. The van der Waals surface area contributed by atoms with Gasteiger partial charge in [0.2, 0.25) is 29.5 Å². The first-order valence-corrected chi connectivity index (χ1v) is 33.4. The van der Waals surface area contributed by atoms with Crippen molar-refractivity contribution in [2.45, 2.75) is 205 Å². The topological polar surface area (TPSA) is 323 Å². The third-order valence-electron chi connectivity index (χ3n) is 18.1. The number of fused-ring (bicyclic) bond motifs is 5. The first-order chi connectivity index (χ1) is 43.0. The number of ether oxygens (including phenoxy) is 4. The molecule has 91 heavy (non-hydrogen) atoms. The fourth-order valence-corrected chi connectivity index (χ4v) is 13.1. The van der Waals surface area contributed by atoms with Crippen molar-refractivity contribution in [2.75, 3.05) is 57.6 Å². The largest absolute Gasteiger partial charge is 0.480 e. The number of nitrogens with one attached hydrogen (secondary N) is 4. The number of carbonyl (C=O) groups is 11. The second kappa shape index (κ2) is 35.7. The number of alkyl carbamates (subject to hydrolysis) is 1. The number of ketones is 3. The maximum atomic E-state index is 14.4. The first kappa shape index (κ1) is 75.5. The van der Waals surface area contributed by atoms with Gasteiger partial charge in [-0.25, -0.2) is 9.59 Å². The normalized spacial score (nSPS) is 26.1. The van der Waals surface area contributed by atoms with Gasteiger partial charge in [-0.1, -0.05) is 75.1 Å². The molecule has 3 heterocycles. The Hall–Kier alpha value is -6.21. The summed E-state index contributed by atoms with van der Waals surface area (Å²) in [5.74, 6) is -5.92. The van der Waals surface area contributed by atoms with E-state index in [-0.39, 0.29) is 105 Å². The van der Waals surface area contributed by atoms with Crippen LogP contribution in [0.25, 0.3) is 0 Å². The Bertz CT molecular complexity index is 2840. The molecule has 23 nitrogen and oxygen atoms in total. The van der Waals surface area contributed by atoms with Gasteiger partial charge in [-0.2, -0.15) is 0 Å². The van der Waals surface area contributed by atoms with Crippen molar-refractivity contribution in [1.29, 1.82) is 0 Å². The van der Waals surface area contributed by atoms with Gasteiger partial charge in [0, 0.05) is 102 Å². The zero-order valence-electron chi connectivity index (χ0n) is 54.6. The molecule has 1 aromatic rings. The lowest BCUT2D eigenvalue weighted by Gasteiger charge is -2.41. The number of aryl methyl sites for hydroxylation is 1. The third-order valence-corrected chi connectivity index (χ3v) is 19.8. The predicted molar refractivity (Wildman–Crippen MR) is 343 cm³/mol. The molecule has 4 bridgehead atoms. The zero-order valence-corrected chi connectivity index (χ0v) is 56.2. The summed E-state index contributed by atoms with van der Waals surface area (Å²) >= 11 is 7.76. The van der Waals surface area contributed by atoms with Gasteiger partial charge in [0.1, 0.15) is 52.2 Å². The SMILES string of the molecule is CCC(=O)NCCOCCC(=O)CC(CCCCCC(=O)C1CCC(CNC(=O)CC(SCCC(=O)N(C)[C@@H](C)C(=O)O[C@H]2CC(=O)N(C)c3cc(cc(C)c3Cl)C/C(C)=C/C=C/[C@@H](C)[C@@]3(O)CC(OC(=O)N3)[C@@H](C)[C@@H]3O[C@@]23C)C(=O)O)CC1)C(=O)NCC(C)=O. The van der Waals surface area contributed by atoms with Gasteiger partial charge in [0.05, 0.1) is 43.0 Å². The molecular weight excluding hydrogens is 1220 g/mol. The number of aliphatic carboxylic acids is 1. The van der Waals surface area contributed by atoms with Crippen molar-refractivity contribution in [2.24, 2.45) is 29.6 Å². The summed E-state index contributed by atoms with van der Waals surface area (Å²) in [5, 5.41) is 31.8. The number of esters is 1. The van der Waals surface area contributed by atoms with Crippen LogP contribution in [0, 0.1) is 36.5 Å². The quantitative estimate of drug-likeness (QED) is 0.0246. The lowest BCUT2D eigenvalue weighted by atomic mass is 9.79. The number of nitrogens with zero attached hydrogens (tertiary/aromatic N) is 2. The maximum absolute atomic E-state index is 14.4. The number of likely N-dealkylation sites (N-methyl/N-ethyl adjacent to an activating group) is 1. The summed E-state index contributed by atoms with van der Waals surface area (Å²) in [7, 11) is 2.98. The van der Waals surface area contributed by atoms with E-state index < -0.39 is 94.4 Å². The van der Waals surface area contributed by atoms with E-state index in [1.807, 2.05) is 38.1 Å². The number of hydrogen-bond donors (Lipinski definition) is 6. The Balaban J connectivity index is 1.07. The molecule has 0 spiro atoms. The number of anilines is 1. The van der Waals surface area contributed by atoms with Crippen molar-refractivity contribution in [1.82, 2.24) is 26.2 Å². The molecule has 10 atom stereocenters. The highest BCUT2D eigenvalue weighted by Crippen LogP contribution is 2.49. The van der Waals surface area contributed by atoms with Crippen LogP contribution in [-0.4, -0.2) is 174 Å². The van der Waals surface area contributed by atoms with Gasteiger partial charge in [0.25, 0.3) is 0 Å². The minimum absolute atomic E-state index is 0.000942. The monoisotopic (exact) mass is 1310 g/mol. The molecular formula is C66H97ClN6O17S. The Kier molecular flexibility index (Phi) is 29.6. The van der Waals surface area contributed by atoms with Crippen LogP contribution in [0.3, 0.4) is 0 Å². The van der Waals surface area contributed by atoms with E-state index in [0.717, 1.165) is 28.5 Å². The smallest absolute Gasteiger partial charge is 0.409 e. The Morgan fingerprint density at radius 3 is 2.34 bits per heavy atom. The first-order valence-electron chi connectivity index (χ1n) is 32.0. The Labute approximate surface area is 544 Å². The number of rotatable bonds is 31. The minimum atomic E-state index is -1.68. The molecule has 0 aromatic heterocycles. The number of hydrogen-bond acceptors (Lipinski definition) is 17. The van der Waals surface area contributed by atoms with Gasteiger partial charge in [-0.3, -0.25) is 48.5 Å². The lowest BCUT2D eigenvalue weighted by molar-refractivity contribution is -0.162. The van der Waals surface area contributed by atoms with Crippen molar-refractivity contribution in [3.8, 4) is 0 Å². The highest BCUT2D eigenvalue weighted by Gasteiger charge is 2.64. The highest BCUT2D eigenvalue weighted by atomic mass is 35.5.